The van der Waals surface area contributed by atoms with Crippen LogP contribution in [0.4, 0.5) is 33.6 Å². The molecule has 0 saturated carbocycles. The molecule has 2 unspecified atom stereocenters. The molecule has 0 aromatic carbocycles. The van der Waals surface area contributed by atoms with Gasteiger partial charge in [0.1, 0.15) is 23.7 Å². The average molecular weight is 495 g/mol. The molecule has 8 nitrogen and oxygen atoms in total. The summed E-state index contributed by atoms with van der Waals surface area (Å²) >= 11 is 0. The molecule has 5 heterocycles. The Morgan fingerprint density at radius 1 is 1.20 bits per heavy atom. The summed E-state index contributed by atoms with van der Waals surface area (Å²) in [6, 6.07) is 1.72. The summed E-state index contributed by atoms with van der Waals surface area (Å²) in [7, 11) is 0. The smallest absolute Gasteiger partial charge is 0.353 e. The molecule has 5 rings (SSSR count). The molecule has 3 aromatic heterocycles. The summed E-state index contributed by atoms with van der Waals surface area (Å²) in [5.74, 6) is 0.270. The summed E-state index contributed by atoms with van der Waals surface area (Å²) < 4.78 is 66.2. The SMILES string of the molecule is CC1CC2(CCN1c1cnc3cnn(CC(F)F)c3n1)CC(=O)N(c1cc(C(F)(F)F)ccn1)C2. The molecular formula is C22H22F5N7O. The lowest BCUT2D eigenvalue weighted by Crippen LogP contribution is -2.47. The van der Waals surface area contributed by atoms with Crippen molar-refractivity contribution < 1.29 is 26.7 Å². The van der Waals surface area contributed by atoms with E-state index < -0.39 is 30.1 Å². The topological polar surface area (TPSA) is 80.0 Å². The minimum Gasteiger partial charge on any atom is -0.353 e. The third-order valence-electron chi connectivity index (χ3n) is 6.75. The van der Waals surface area contributed by atoms with Crippen LogP contribution in [0.3, 0.4) is 0 Å². The minimum atomic E-state index is -4.52. The first-order valence-electron chi connectivity index (χ1n) is 11.1. The second kappa shape index (κ2) is 8.38. The molecule has 1 spiro atoms. The number of piperidine rings is 1. The molecule has 13 heteroatoms. The Morgan fingerprint density at radius 2 is 2.00 bits per heavy atom. The third kappa shape index (κ3) is 4.39. The molecule has 0 radical (unpaired) electrons. The molecule has 0 N–H and O–H groups in total. The lowest BCUT2D eigenvalue weighted by atomic mass is 9.75. The van der Waals surface area contributed by atoms with Crippen LogP contribution in [0, 0.1) is 5.41 Å². The van der Waals surface area contributed by atoms with Crippen molar-refractivity contribution in [2.45, 2.75) is 51.4 Å². The number of aromatic nitrogens is 5. The predicted octanol–water partition coefficient (Wildman–Crippen LogP) is 3.92. The van der Waals surface area contributed by atoms with Gasteiger partial charge < -0.3 is 4.90 Å². The number of halogens is 5. The van der Waals surface area contributed by atoms with Crippen LogP contribution < -0.4 is 9.80 Å². The van der Waals surface area contributed by atoms with Crippen molar-refractivity contribution in [1.29, 1.82) is 0 Å². The van der Waals surface area contributed by atoms with E-state index in [1.54, 1.807) is 6.20 Å². The number of rotatable bonds is 4. The largest absolute Gasteiger partial charge is 0.416 e. The van der Waals surface area contributed by atoms with Gasteiger partial charge in [0, 0.05) is 37.2 Å². The highest BCUT2D eigenvalue weighted by Crippen LogP contribution is 2.45. The van der Waals surface area contributed by atoms with Gasteiger partial charge in [-0.2, -0.15) is 18.3 Å². The molecule has 2 aliphatic rings. The van der Waals surface area contributed by atoms with Gasteiger partial charge in [0.05, 0.1) is 18.0 Å². The molecule has 0 bridgehead atoms. The van der Waals surface area contributed by atoms with Gasteiger partial charge in [0.2, 0.25) is 5.91 Å². The van der Waals surface area contributed by atoms with Gasteiger partial charge in [-0.25, -0.2) is 28.4 Å². The van der Waals surface area contributed by atoms with Crippen LogP contribution in [0.2, 0.25) is 0 Å². The summed E-state index contributed by atoms with van der Waals surface area (Å²) in [4.78, 5) is 29.0. The third-order valence-corrected chi connectivity index (χ3v) is 6.75. The number of pyridine rings is 1. The predicted molar refractivity (Wildman–Crippen MR) is 116 cm³/mol. The quantitative estimate of drug-likeness (QED) is 0.511. The number of carbonyl (C=O) groups is 1. The van der Waals surface area contributed by atoms with Gasteiger partial charge in [0.15, 0.2) is 5.65 Å². The average Bonchev–Trinajstić information content (AvgIpc) is 3.33. The highest BCUT2D eigenvalue weighted by atomic mass is 19.4. The number of fused-ring (bicyclic) bond motifs is 1. The first-order chi connectivity index (χ1) is 16.5. The highest BCUT2D eigenvalue weighted by molar-refractivity contribution is 5.95. The molecule has 1 amide bonds. The Hall–Kier alpha value is -3.38. The summed E-state index contributed by atoms with van der Waals surface area (Å²) in [5, 5.41) is 3.94. The molecule has 2 fully saturated rings. The van der Waals surface area contributed by atoms with E-state index in [9.17, 15) is 26.7 Å². The normalized spacial score (nSPS) is 23.3. The van der Waals surface area contributed by atoms with Crippen molar-refractivity contribution in [2.75, 3.05) is 22.9 Å². The monoisotopic (exact) mass is 495 g/mol. The van der Waals surface area contributed by atoms with Crippen molar-refractivity contribution in [3.63, 3.8) is 0 Å². The van der Waals surface area contributed by atoms with Crippen molar-refractivity contribution in [2.24, 2.45) is 5.41 Å². The zero-order valence-corrected chi connectivity index (χ0v) is 18.7. The zero-order chi connectivity index (χ0) is 25.0. The van der Waals surface area contributed by atoms with E-state index in [-0.39, 0.29) is 36.4 Å². The molecular weight excluding hydrogens is 473 g/mol. The van der Waals surface area contributed by atoms with Gasteiger partial charge >= 0.3 is 6.18 Å². The van der Waals surface area contributed by atoms with Crippen molar-refractivity contribution in [3.05, 3.63) is 36.3 Å². The van der Waals surface area contributed by atoms with Gasteiger partial charge in [-0.15, -0.1) is 0 Å². The zero-order valence-electron chi connectivity index (χ0n) is 18.7. The lowest BCUT2D eigenvalue weighted by molar-refractivity contribution is -0.137. The number of amides is 1. The summed E-state index contributed by atoms with van der Waals surface area (Å²) in [6.45, 7) is 2.20. The fraction of sp³-hybridized carbons (Fsp3) is 0.500. The minimum absolute atomic E-state index is 0.000364. The van der Waals surface area contributed by atoms with Crippen LogP contribution in [0.5, 0.6) is 0 Å². The molecule has 3 aromatic rings. The van der Waals surface area contributed by atoms with Gasteiger partial charge in [-0.05, 0) is 31.9 Å². The fourth-order valence-corrected chi connectivity index (χ4v) is 5.15. The standard InChI is InChI=1S/C22H22F5N7O/c1-13-7-21(8-19(35)33(12-21)17-6-14(2-4-28-17)22(25,26)27)3-5-32(13)18-10-29-15-9-30-34(11-16(23)24)20(15)31-18/h2,4,6,9-10,13,16H,3,5,7-8,11-12H2,1H3. The Morgan fingerprint density at radius 3 is 2.71 bits per heavy atom. The molecule has 35 heavy (non-hydrogen) atoms. The van der Waals surface area contributed by atoms with E-state index in [0.717, 1.165) is 23.0 Å². The summed E-state index contributed by atoms with van der Waals surface area (Å²) in [6.07, 6.45) is -1.65. The van der Waals surface area contributed by atoms with Crippen LogP contribution in [-0.2, 0) is 17.5 Å². The lowest BCUT2D eigenvalue weighted by Gasteiger charge is -2.43. The van der Waals surface area contributed by atoms with E-state index in [4.69, 9.17) is 0 Å². The Kier molecular flexibility index (Phi) is 5.59. The molecule has 0 aliphatic carbocycles. The first-order valence-corrected chi connectivity index (χ1v) is 11.1. The van der Waals surface area contributed by atoms with Gasteiger partial charge in [-0.1, -0.05) is 0 Å². The van der Waals surface area contributed by atoms with Crippen LogP contribution >= 0.6 is 0 Å². The maximum absolute atomic E-state index is 13.1. The van der Waals surface area contributed by atoms with E-state index in [1.807, 2.05) is 11.8 Å². The molecule has 2 saturated heterocycles. The van der Waals surface area contributed by atoms with E-state index in [2.05, 4.69) is 20.1 Å². The number of alkyl halides is 5. The van der Waals surface area contributed by atoms with E-state index in [0.29, 0.717) is 30.7 Å². The number of anilines is 2. The Labute approximate surface area is 196 Å². The van der Waals surface area contributed by atoms with Gasteiger partial charge in [0.25, 0.3) is 6.43 Å². The van der Waals surface area contributed by atoms with E-state index >= 15 is 0 Å². The molecule has 186 valence electrons. The number of carbonyl (C=O) groups excluding carboxylic acids is 1. The Balaban J connectivity index is 1.34. The van der Waals surface area contributed by atoms with Crippen molar-refractivity contribution >= 4 is 28.7 Å². The highest BCUT2D eigenvalue weighted by Gasteiger charge is 2.48. The second-order valence-corrected chi connectivity index (χ2v) is 9.21. The number of hydrogen-bond acceptors (Lipinski definition) is 6. The number of nitrogens with zero attached hydrogens (tertiary/aromatic N) is 7. The second-order valence-electron chi connectivity index (χ2n) is 9.21. The maximum atomic E-state index is 13.1. The van der Waals surface area contributed by atoms with Crippen LogP contribution in [0.15, 0.2) is 30.7 Å². The number of hydrogen-bond donors (Lipinski definition) is 0. The van der Waals surface area contributed by atoms with E-state index in [1.165, 1.54) is 11.1 Å². The van der Waals surface area contributed by atoms with Gasteiger partial charge in [-0.3, -0.25) is 9.69 Å². The molecule has 2 atom stereocenters. The van der Waals surface area contributed by atoms with Crippen molar-refractivity contribution in [3.8, 4) is 0 Å². The van der Waals surface area contributed by atoms with Crippen LogP contribution in [-0.4, -0.2) is 56.2 Å². The van der Waals surface area contributed by atoms with Crippen LogP contribution in [0.25, 0.3) is 11.2 Å². The first kappa shape index (κ1) is 23.4. The summed E-state index contributed by atoms with van der Waals surface area (Å²) in [5.41, 5.74) is -0.563. The molecule has 2 aliphatic heterocycles. The van der Waals surface area contributed by atoms with Crippen molar-refractivity contribution in [1.82, 2.24) is 24.7 Å². The Bertz CT molecular complexity index is 1260. The fourth-order valence-electron chi connectivity index (χ4n) is 5.15. The maximum Gasteiger partial charge on any atom is 0.416 e. The van der Waals surface area contributed by atoms with Crippen LogP contribution in [0.1, 0.15) is 31.7 Å².